The lowest BCUT2D eigenvalue weighted by Gasteiger charge is -2.35. The monoisotopic (exact) mass is 461 g/mol. The molecule has 2 aliphatic heterocycles. The van der Waals surface area contributed by atoms with Gasteiger partial charge in [0.05, 0.1) is 16.5 Å². The van der Waals surface area contributed by atoms with Crippen molar-refractivity contribution >= 4 is 28.3 Å². The normalized spacial score (nSPS) is 15.9. The molecule has 0 unspecified atom stereocenters. The number of ether oxygens (including phenoxy) is 2. The molecule has 168 valence electrons. The molecule has 6 rings (SSSR count). The van der Waals surface area contributed by atoms with E-state index < -0.39 is 0 Å². The van der Waals surface area contributed by atoms with Crippen LogP contribution in [0.1, 0.15) is 5.56 Å². The van der Waals surface area contributed by atoms with Crippen LogP contribution in [0, 0.1) is 0 Å². The Morgan fingerprint density at radius 1 is 1.03 bits per heavy atom. The summed E-state index contributed by atoms with van der Waals surface area (Å²) in [5, 5.41) is 1.97. The number of aromatic nitrogens is 3. The van der Waals surface area contributed by atoms with Gasteiger partial charge in [-0.2, -0.15) is 0 Å². The van der Waals surface area contributed by atoms with Crippen molar-refractivity contribution in [3.8, 4) is 23.0 Å². The molecule has 9 heteroatoms. The van der Waals surface area contributed by atoms with Crippen LogP contribution in [0.4, 0.5) is 0 Å². The van der Waals surface area contributed by atoms with E-state index >= 15 is 0 Å². The summed E-state index contributed by atoms with van der Waals surface area (Å²) in [5.41, 5.74) is 5.62. The number of nitrogens with zero attached hydrogens (tertiary/aromatic N) is 5. The Kier molecular flexibility index (Phi) is 5.20. The van der Waals surface area contributed by atoms with Crippen LogP contribution in [0.3, 0.4) is 0 Å². The Balaban J connectivity index is 1.13. The van der Waals surface area contributed by atoms with E-state index in [-0.39, 0.29) is 19.2 Å². The van der Waals surface area contributed by atoms with Crippen molar-refractivity contribution in [3.05, 3.63) is 58.9 Å². The van der Waals surface area contributed by atoms with Gasteiger partial charge in [-0.05, 0) is 29.8 Å². The van der Waals surface area contributed by atoms with Crippen molar-refractivity contribution in [2.24, 2.45) is 0 Å². The van der Waals surface area contributed by atoms with Crippen molar-refractivity contribution in [2.75, 3.05) is 33.0 Å². The van der Waals surface area contributed by atoms with Gasteiger partial charge in [0.1, 0.15) is 12.2 Å². The molecule has 2 aromatic heterocycles. The second kappa shape index (κ2) is 8.49. The van der Waals surface area contributed by atoms with Gasteiger partial charge in [0, 0.05) is 38.1 Å². The summed E-state index contributed by atoms with van der Waals surface area (Å²) in [6.45, 7) is 4.47. The van der Waals surface area contributed by atoms with Gasteiger partial charge in [-0.15, -0.1) is 11.3 Å². The number of thiazole rings is 1. The number of benzene rings is 2. The number of hydrogen-bond acceptors (Lipinski definition) is 7. The third-order valence-corrected chi connectivity index (χ3v) is 6.76. The highest BCUT2D eigenvalue weighted by Gasteiger charge is 2.24. The molecule has 2 aromatic carbocycles. The molecule has 0 N–H and O–H groups in total. The Morgan fingerprint density at radius 3 is 2.73 bits per heavy atom. The first-order valence-corrected chi connectivity index (χ1v) is 11.9. The molecule has 1 fully saturated rings. The minimum Gasteiger partial charge on any atom is -0.454 e. The van der Waals surface area contributed by atoms with E-state index in [9.17, 15) is 4.79 Å². The van der Waals surface area contributed by atoms with Gasteiger partial charge in [-0.3, -0.25) is 9.69 Å². The van der Waals surface area contributed by atoms with Gasteiger partial charge in [-0.1, -0.05) is 18.2 Å². The van der Waals surface area contributed by atoms with Crippen LogP contribution >= 0.6 is 11.3 Å². The van der Waals surface area contributed by atoms with Gasteiger partial charge in [0.2, 0.25) is 12.7 Å². The molecule has 4 aromatic rings. The van der Waals surface area contributed by atoms with Crippen molar-refractivity contribution in [3.63, 3.8) is 0 Å². The third-order valence-electron chi connectivity index (χ3n) is 6.18. The fourth-order valence-corrected chi connectivity index (χ4v) is 4.97. The number of carbonyl (C=O) groups is 1. The molecule has 0 bridgehead atoms. The number of piperazine rings is 1. The molecule has 8 nitrogen and oxygen atoms in total. The Bertz CT molecular complexity index is 1290. The number of carbonyl (C=O) groups excluding carboxylic acids is 1. The van der Waals surface area contributed by atoms with Gasteiger partial charge >= 0.3 is 0 Å². The maximum Gasteiger partial charge on any atom is 0.242 e. The van der Waals surface area contributed by atoms with Crippen molar-refractivity contribution in [1.29, 1.82) is 0 Å². The third kappa shape index (κ3) is 3.94. The summed E-state index contributed by atoms with van der Waals surface area (Å²) in [6, 6.07) is 14.0. The average Bonchev–Trinajstić information content (AvgIpc) is 3.59. The van der Waals surface area contributed by atoms with E-state index in [1.165, 1.54) is 16.9 Å². The lowest BCUT2D eigenvalue weighted by atomic mass is 10.1. The van der Waals surface area contributed by atoms with E-state index in [4.69, 9.17) is 14.5 Å². The van der Waals surface area contributed by atoms with Crippen molar-refractivity contribution in [2.45, 2.75) is 13.1 Å². The predicted molar refractivity (Wildman–Crippen MR) is 125 cm³/mol. The zero-order chi connectivity index (χ0) is 22.2. The Labute approximate surface area is 195 Å². The maximum atomic E-state index is 13.2. The first kappa shape index (κ1) is 20.2. The second-order valence-corrected chi connectivity index (χ2v) is 8.95. The number of imidazole rings is 1. The van der Waals surface area contributed by atoms with E-state index in [0.717, 1.165) is 53.7 Å². The zero-order valence-corrected chi connectivity index (χ0v) is 18.8. The molecule has 2 aliphatic rings. The van der Waals surface area contributed by atoms with E-state index in [0.29, 0.717) is 13.1 Å². The van der Waals surface area contributed by atoms with Crippen LogP contribution < -0.4 is 9.47 Å². The summed E-state index contributed by atoms with van der Waals surface area (Å²) < 4.78 is 12.9. The van der Waals surface area contributed by atoms with E-state index in [1.54, 1.807) is 5.51 Å². The number of para-hydroxylation sites is 2. The summed E-state index contributed by atoms with van der Waals surface area (Å²) in [4.78, 5) is 26.7. The molecular formula is C24H23N5O3S. The molecule has 0 atom stereocenters. The fourth-order valence-electron chi connectivity index (χ4n) is 4.44. The zero-order valence-electron chi connectivity index (χ0n) is 18.0. The fraction of sp³-hybridized carbons (Fsp3) is 0.292. The lowest BCUT2D eigenvalue weighted by molar-refractivity contribution is -0.133. The highest BCUT2D eigenvalue weighted by atomic mass is 32.1. The Morgan fingerprint density at radius 2 is 1.88 bits per heavy atom. The first-order chi connectivity index (χ1) is 16.2. The quantitative estimate of drug-likeness (QED) is 0.454. The standard InChI is InChI=1S/C24H23N5O3S/c30-23(13-29-20-4-2-1-3-18(20)26-24(29)19-14-33-15-25-19)28-9-7-27(8-10-28)12-17-5-6-21-22(11-17)32-16-31-21/h1-6,11,14-15H,7-10,12-13,16H2. The van der Waals surface area contributed by atoms with Gasteiger partial charge in [0.25, 0.3) is 0 Å². The lowest BCUT2D eigenvalue weighted by Crippen LogP contribution is -2.49. The average molecular weight is 462 g/mol. The number of fused-ring (bicyclic) bond motifs is 2. The minimum atomic E-state index is 0.109. The number of hydrogen-bond donors (Lipinski definition) is 0. The van der Waals surface area contributed by atoms with Crippen molar-refractivity contribution in [1.82, 2.24) is 24.3 Å². The topological polar surface area (TPSA) is 72.7 Å². The molecule has 33 heavy (non-hydrogen) atoms. The van der Waals surface area contributed by atoms with Crippen molar-refractivity contribution < 1.29 is 14.3 Å². The molecule has 1 saturated heterocycles. The SMILES string of the molecule is O=C(Cn1c(-c2cscn2)nc2ccccc21)N1CCN(Cc2ccc3c(c2)OCO3)CC1. The van der Waals surface area contributed by atoms with Gasteiger partial charge in [-0.25, -0.2) is 9.97 Å². The van der Waals surface area contributed by atoms with Crippen LogP contribution in [0.15, 0.2) is 53.4 Å². The highest BCUT2D eigenvalue weighted by molar-refractivity contribution is 7.07. The van der Waals surface area contributed by atoms with Crippen LogP contribution in [0.2, 0.25) is 0 Å². The van der Waals surface area contributed by atoms with Crippen LogP contribution in [-0.2, 0) is 17.9 Å². The molecule has 4 heterocycles. The second-order valence-electron chi connectivity index (χ2n) is 8.23. The summed E-state index contributed by atoms with van der Waals surface area (Å²) in [6.07, 6.45) is 0. The van der Waals surface area contributed by atoms with E-state index in [2.05, 4.69) is 16.0 Å². The van der Waals surface area contributed by atoms with Gasteiger partial charge < -0.3 is 18.9 Å². The van der Waals surface area contributed by atoms with E-state index in [1.807, 2.05) is 51.2 Å². The van der Waals surface area contributed by atoms with Gasteiger partial charge in [0.15, 0.2) is 17.3 Å². The largest absolute Gasteiger partial charge is 0.454 e. The molecule has 1 amide bonds. The number of amides is 1. The molecule has 0 spiro atoms. The summed E-state index contributed by atoms with van der Waals surface area (Å²) >= 11 is 1.53. The maximum absolute atomic E-state index is 13.2. The van der Waals surface area contributed by atoms with Crippen LogP contribution in [-0.4, -0.2) is 63.2 Å². The highest BCUT2D eigenvalue weighted by Crippen LogP contribution is 2.33. The molecular weight excluding hydrogens is 438 g/mol. The van der Waals surface area contributed by atoms with Crippen LogP contribution in [0.25, 0.3) is 22.6 Å². The molecule has 0 radical (unpaired) electrons. The molecule has 0 aliphatic carbocycles. The predicted octanol–water partition coefficient (Wildman–Crippen LogP) is 3.23. The Hall–Kier alpha value is -3.43. The number of rotatable bonds is 5. The van der Waals surface area contributed by atoms with Crippen LogP contribution in [0.5, 0.6) is 11.5 Å². The first-order valence-electron chi connectivity index (χ1n) is 11.0. The summed E-state index contributed by atoms with van der Waals surface area (Å²) in [7, 11) is 0. The summed E-state index contributed by atoms with van der Waals surface area (Å²) in [5.74, 6) is 2.47. The molecule has 0 saturated carbocycles. The minimum absolute atomic E-state index is 0.109. The smallest absolute Gasteiger partial charge is 0.242 e.